The maximum atomic E-state index is 6.19. The van der Waals surface area contributed by atoms with Crippen molar-refractivity contribution in [1.29, 1.82) is 0 Å². The van der Waals surface area contributed by atoms with E-state index in [1.54, 1.807) is 7.05 Å². The average Bonchev–Trinajstić information content (AvgIpc) is 2.66. The molecule has 2 aromatic rings. The number of rotatable bonds is 8. The molecule has 2 N–H and O–H groups in total. The van der Waals surface area contributed by atoms with E-state index in [1.165, 1.54) is 36.8 Å². The molecule has 0 saturated heterocycles. The molecule has 0 aliphatic heterocycles. The molecule has 0 bridgehead atoms. The second-order valence-electron chi connectivity index (χ2n) is 6.46. The van der Waals surface area contributed by atoms with Gasteiger partial charge in [-0.15, -0.1) is 0 Å². The van der Waals surface area contributed by atoms with Crippen LogP contribution in [0.3, 0.4) is 0 Å². The van der Waals surface area contributed by atoms with E-state index in [2.05, 4.69) is 67.4 Å². The fourth-order valence-corrected chi connectivity index (χ4v) is 2.90. The molecular formula is C22H31N3. The molecule has 0 aromatic heterocycles. The van der Waals surface area contributed by atoms with Crippen LogP contribution in [0.25, 0.3) is 0 Å². The minimum atomic E-state index is 0.502. The molecule has 25 heavy (non-hydrogen) atoms. The van der Waals surface area contributed by atoms with Crippen molar-refractivity contribution in [2.24, 2.45) is 10.7 Å². The molecule has 0 fully saturated rings. The van der Waals surface area contributed by atoms with Gasteiger partial charge in [0.1, 0.15) is 0 Å². The summed E-state index contributed by atoms with van der Waals surface area (Å²) in [6.45, 7) is 4.44. The Bertz CT molecular complexity index is 605. The predicted molar refractivity (Wildman–Crippen MR) is 110 cm³/mol. The monoisotopic (exact) mass is 337 g/mol. The van der Waals surface area contributed by atoms with Gasteiger partial charge in [-0.2, -0.15) is 0 Å². The molecule has 0 aliphatic rings. The lowest BCUT2D eigenvalue weighted by Crippen LogP contribution is -2.33. The Balaban J connectivity index is 2.24. The summed E-state index contributed by atoms with van der Waals surface area (Å²) in [4.78, 5) is 6.21. The van der Waals surface area contributed by atoms with Gasteiger partial charge in [0.25, 0.3) is 0 Å². The van der Waals surface area contributed by atoms with Crippen molar-refractivity contribution in [3.63, 3.8) is 0 Å². The molecular weight excluding hydrogens is 306 g/mol. The minimum absolute atomic E-state index is 0.502. The third-order valence-corrected chi connectivity index (χ3v) is 4.49. The quantitative estimate of drug-likeness (QED) is 0.514. The largest absolute Gasteiger partial charge is 0.369 e. The van der Waals surface area contributed by atoms with Crippen molar-refractivity contribution in [2.75, 3.05) is 11.9 Å². The standard InChI is InChI=1S/C22H31N3/c1-4-6-8-18-10-14-20(15-11-18)25(22(23)24-3)21-16-12-19(13-17-21)9-7-5-2/h10-17H,4-9H2,1-3H3,(H2,23,24). The second-order valence-corrected chi connectivity index (χ2v) is 6.46. The highest BCUT2D eigenvalue weighted by molar-refractivity contribution is 6.01. The predicted octanol–water partition coefficient (Wildman–Crippen LogP) is 5.45. The van der Waals surface area contributed by atoms with E-state index in [0.717, 1.165) is 24.2 Å². The van der Waals surface area contributed by atoms with Crippen molar-refractivity contribution in [3.05, 3.63) is 59.7 Å². The van der Waals surface area contributed by atoms with Crippen LogP contribution in [0.5, 0.6) is 0 Å². The highest BCUT2D eigenvalue weighted by Crippen LogP contribution is 2.26. The number of nitrogens with zero attached hydrogens (tertiary/aromatic N) is 2. The fraction of sp³-hybridized carbons (Fsp3) is 0.409. The highest BCUT2D eigenvalue weighted by atomic mass is 15.3. The van der Waals surface area contributed by atoms with Crippen LogP contribution in [0, 0.1) is 0 Å². The highest BCUT2D eigenvalue weighted by Gasteiger charge is 2.13. The Morgan fingerprint density at radius 3 is 1.52 bits per heavy atom. The molecule has 0 saturated carbocycles. The van der Waals surface area contributed by atoms with Crippen LogP contribution in [-0.4, -0.2) is 13.0 Å². The van der Waals surface area contributed by atoms with E-state index >= 15 is 0 Å². The molecule has 0 aliphatic carbocycles. The van der Waals surface area contributed by atoms with E-state index in [4.69, 9.17) is 5.73 Å². The minimum Gasteiger partial charge on any atom is -0.369 e. The summed E-state index contributed by atoms with van der Waals surface area (Å²) < 4.78 is 0. The zero-order valence-corrected chi connectivity index (χ0v) is 15.8. The number of benzene rings is 2. The first-order valence-corrected chi connectivity index (χ1v) is 9.39. The first kappa shape index (κ1) is 19.0. The van der Waals surface area contributed by atoms with Gasteiger partial charge in [-0.3, -0.25) is 9.89 Å². The number of unbranched alkanes of at least 4 members (excludes halogenated alkanes) is 2. The van der Waals surface area contributed by atoms with Crippen LogP contribution in [0.15, 0.2) is 53.5 Å². The Kier molecular flexibility index (Phi) is 7.52. The maximum Gasteiger partial charge on any atom is 0.200 e. The molecule has 0 heterocycles. The summed E-state index contributed by atoms with van der Waals surface area (Å²) in [5.74, 6) is 0.502. The zero-order chi connectivity index (χ0) is 18.1. The average molecular weight is 338 g/mol. The molecule has 2 rings (SSSR count). The van der Waals surface area contributed by atoms with Gasteiger partial charge >= 0.3 is 0 Å². The van der Waals surface area contributed by atoms with E-state index in [9.17, 15) is 0 Å². The van der Waals surface area contributed by atoms with Gasteiger partial charge < -0.3 is 5.73 Å². The second kappa shape index (κ2) is 9.87. The van der Waals surface area contributed by atoms with Gasteiger partial charge in [0.05, 0.1) is 0 Å². The number of guanidine groups is 1. The summed E-state index contributed by atoms with van der Waals surface area (Å²) in [6.07, 6.45) is 7.13. The third kappa shape index (κ3) is 5.35. The Morgan fingerprint density at radius 2 is 1.20 bits per heavy atom. The van der Waals surface area contributed by atoms with Gasteiger partial charge in [-0.05, 0) is 61.1 Å². The topological polar surface area (TPSA) is 41.6 Å². The van der Waals surface area contributed by atoms with Crippen LogP contribution < -0.4 is 10.6 Å². The number of aryl methyl sites for hydroxylation is 2. The Hall–Kier alpha value is -2.29. The van der Waals surface area contributed by atoms with Crippen LogP contribution in [0.2, 0.25) is 0 Å². The lowest BCUT2D eigenvalue weighted by molar-refractivity contribution is 0.795. The van der Waals surface area contributed by atoms with E-state index in [0.29, 0.717) is 5.96 Å². The molecule has 0 amide bonds. The van der Waals surface area contributed by atoms with E-state index in [1.807, 2.05) is 4.90 Å². The molecule has 0 spiro atoms. The van der Waals surface area contributed by atoms with Gasteiger partial charge in [0.15, 0.2) is 5.96 Å². The van der Waals surface area contributed by atoms with Gasteiger partial charge in [-0.1, -0.05) is 51.0 Å². The molecule has 0 atom stereocenters. The number of hydrogen-bond donors (Lipinski definition) is 1. The molecule has 3 heteroatoms. The summed E-state index contributed by atoms with van der Waals surface area (Å²) in [5.41, 5.74) is 11.0. The SMILES string of the molecule is CCCCc1ccc(N(C(N)=NC)c2ccc(CCCC)cc2)cc1. The lowest BCUT2D eigenvalue weighted by Gasteiger charge is -2.24. The molecule has 3 nitrogen and oxygen atoms in total. The number of nitrogens with two attached hydrogens (primary N) is 1. The number of aliphatic imine (C=N–C) groups is 1. The molecule has 0 radical (unpaired) electrons. The molecule has 134 valence electrons. The smallest absolute Gasteiger partial charge is 0.200 e. The van der Waals surface area contributed by atoms with Crippen LogP contribution in [0.1, 0.15) is 50.7 Å². The molecule has 2 aromatic carbocycles. The lowest BCUT2D eigenvalue weighted by atomic mass is 10.1. The number of anilines is 2. The molecule has 0 unspecified atom stereocenters. The first-order chi connectivity index (χ1) is 12.2. The van der Waals surface area contributed by atoms with Crippen molar-refractivity contribution in [3.8, 4) is 0 Å². The van der Waals surface area contributed by atoms with Crippen molar-refractivity contribution < 1.29 is 0 Å². The Morgan fingerprint density at radius 1 is 0.800 bits per heavy atom. The van der Waals surface area contributed by atoms with E-state index < -0.39 is 0 Å². The fourth-order valence-electron chi connectivity index (χ4n) is 2.90. The van der Waals surface area contributed by atoms with Crippen LogP contribution in [0.4, 0.5) is 11.4 Å². The maximum absolute atomic E-state index is 6.19. The summed E-state index contributed by atoms with van der Waals surface area (Å²) >= 11 is 0. The van der Waals surface area contributed by atoms with Gasteiger partial charge in [0, 0.05) is 18.4 Å². The van der Waals surface area contributed by atoms with Crippen molar-refractivity contribution in [2.45, 2.75) is 52.4 Å². The summed E-state index contributed by atoms with van der Waals surface area (Å²) in [5, 5.41) is 0. The summed E-state index contributed by atoms with van der Waals surface area (Å²) in [6, 6.07) is 17.3. The third-order valence-electron chi connectivity index (χ3n) is 4.49. The van der Waals surface area contributed by atoms with Gasteiger partial charge in [0.2, 0.25) is 0 Å². The van der Waals surface area contributed by atoms with E-state index in [-0.39, 0.29) is 0 Å². The summed E-state index contributed by atoms with van der Waals surface area (Å²) in [7, 11) is 1.73. The Labute approximate surface area is 152 Å². The van der Waals surface area contributed by atoms with Gasteiger partial charge in [-0.25, -0.2) is 0 Å². The van der Waals surface area contributed by atoms with Crippen LogP contribution >= 0.6 is 0 Å². The number of hydrogen-bond acceptors (Lipinski definition) is 1. The van der Waals surface area contributed by atoms with Crippen molar-refractivity contribution >= 4 is 17.3 Å². The normalized spacial score (nSPS) is 11.6. The van der Waals surface area contributed by atoms with Crippen molar-refractivity contribution in [1.82, 2.24) is 0 Å². The first-order valence-electron chi connectivity index (χ1n) is 9.39. The zero-order valence-electron chi connectivity index (χ0n) is 15.8. The van der Waals surface area contributed by atoms with Crippen LogP contribution in [-0.2, 0) is 12.8 Å².